The Bertz CT molecular complexity index is 1280. The minimum Gasteiger partial charge on any atom is -0.435 e. The molecule has 0 bridgehead atoms. The van der Waals surface area contributed by atoms with Crippen molar-refractivity contribution in [2.24, 2.45) is 0 Å². The highest BCUT2D eigenvalue weighted by atomic mass is 35.5. The van der Waals surface area contributed by atoms with E-state index in [4.69, 9.17) is 16.3 Å². The molecule has 1 saturated heterocycles. The number of hydrogen-bond acceptors (Lipinski definition) is 5. The van der Waals surface area contributed by atoms with Crippen LogP contribution in [0.2, 0.25) is 5.02 Å². The van der Waals surface area contributed by atoms with Crippen LogP contribution < -0.4 is 4.74 Å². The third-order valence-electron chi connectivity index (χ3n) is 6.20. The zero-order valence-corrected chi connectivity index (χ0v) is 22.0. The minimum absolute atomic E-state index is 0.0698. The molecule has 0 saturated carbocycles. The maximum atomic E-state index is 13.1. The van der Waals surface area contributed by atoms with Crippen LogP contribution in [0.5, 0.6) is 5.75 Å². The fraction of sp³-hybridized carbons (Fsp3) is 0.333. The Hall–Kier alpha value is -2.56. The summed E-state index contributed by atoms with van der Waals surface area (Å²) in [4.78, 5) is 2.09. The summed E-state index contributed by atoms with van der Waals surface area (Å²) in [6.07, 6.45) is -0.232. The van der Waals surface area contributed by atoms with Gasteiger partial charge < -0.3 is 9.47 Å². The summed E-state index contributed by atoms with van der Waals surface area (Å²) >= 11 is 6.08. The molecule has 1 unspecified atom stereocenters. The van der Waals surface area contributed by atoms with Gasteiger partial charge in [-0.05, 0) is 42.3 Å². The molecule has 0 aliphatic carbocycles. The Kier molecular flexibility index (Phi) is 9.15. The van der Waals surface area contributed by atoms with Gasteiger partial charge in [0.25, 0.3) is 0 Å². The number of sulfonamides is 1. The number of ether oxygens (including phenoxy) is 2. The van der Waals surface area contributed by atoms with Gasteiger partial charge in [0.05, 0.1) is 17.6 Å². The molecule has 37 heavy (non-hydrogen) atoms. The van der Waals surface area contributed by atoms with Crippen molar-refractivity contribution >= 4 is 21.6 Å². The van der Waals surface area contributed by atoms with Crippen molar-refractivity contribution in [2.45, 2.75) is 31.1 Å². The van der Waals surface area contributed by atoms with Crippen LogP contribution in [0, 0.1) is 6.92 Å². The van der Waals surface area contributed by atoms with E-state index < -0.39 is 16.6 Å². The Balaban J connectivity index is 1.41. The van der Waals surface area contributed by atoms with Gasteiger partial charge in [0, 0.05) is 43.8 Å². The standard InChI is InChI=1S/C27H29ClF2N2O4S/c1-20-4-2-5-21(16-20)19-35-26(22-8-10-23(28)11-9-22)18-31-12-14-32(15-13-31)37(33,34)25-7-3-6-24(17-25)36-27(29)30/h2-11,16-17,26-27H,12-15,18-19H2,1H3. The van der Waals surface area contributed by atoms with Crippen LogP contribution in [0.3, 0.4) is 0 Å². The molecule has 0 spiro atoms. The third kappa shape index (κ3) is 7.49. The van der Waals surface area contributed by atoms with Gasteiger partial charge >= 0.3 is 6.61 Å². The van der Waals surface area contributed by atoms with Crippen molar-refractivity contribution in [3.05, 3.63) is 94.5 Å². The van der Waals surface area contributed by atoms with Crippen LogP contribution in [0.25, 0.3) is 0 Å². The van der Waals surface area contributed by atoms with Gasteiger partial charge in [-0.1, -0.05) is 59.6 Å². The molecule has 4 rings (SSSR count). The zero-order valence-electron chi connectivity index (χ0n) is 20.4. The topological polar surface area (TPSA) is 59.1 Å². The smallest absolute Gasteiger partial charge is 0.387 e. The lowest BCUT2D eigenvalue weighted by Gasteiger charge is -2.36. The van der Waals surface area contributed by atoms with E-state index in [9.17, 15) is 17.2 Å². The zero-order chi connectivity index (χ0) is 26.4. The summed E-state index contributed by atoms with van der Waals surface area (Å²) in [5.74, 6) is -0.189. The molecule has 6 nitrogen and oxygen atoms in total. The summed E-state index contributed by atoms with van der Waals surface area (Å²) < 4.78 is 63.4. The predicted molar refractivity (Wildman–Crippen MR) is 138 cm³/mol. The van der Waals surface area contributed by atoms with Crippen LogP contribution in [-0.2, 0) is 21.4 Å². The number of piperazine rings is 1. The van der Waals surface area contributed by atoms with E-state index in [1.807, 2.05) is 49.4 Å². The number of alkyl halides is 2. The lowest BCUT2D eigenvalue weighted by atomic mass is 10.1. The quantitative estimate of drug-likeness (QED) is 0.333. The van der Waals surface area contributed by atoms with Gasteiger partial charge in [0.1, 0.15) is 5.75 Å². The van der Waals surface area contributed by atoms with E-state index in [1.165, 1.54) is 22.5 Å². The molecule has 1 fully saturated rings. The van der Waals surface area contributed by atoms with E-state index in [2.05, 4.69) is 15.7 Å². The highest BCUT2D eigenvalue weighted by molar-refractivity contribution is 7.89. The summed E-state index contributed by atoms with van der Waals surface area (Å²) in [6, 6.07) is 20.9. The van der Waals surface area contributed by atoms with Gasteiger partial charge in [0.2, 0.25) is 10.0 Å². The van der Waals surface area contributed by atoms with E-state index >= 15 is 0 Å². The van der Waals surface area contributed by atoms with Crippen LogP contribution >= 0.6 is 11.6 Å². The number of nitrogens with zero attached hydrogens (tertiary/aromatic N) is 2. The second-order valence-electron chi connectivity index (χ2n) is 8.90. The largest absolute Gasteiger partial charge is 0.435 e. The fourth-order valence-corrected chi connectivity index (χ4v) is 5.86. The van der Waals surface area contributed by atoms with Gasteiger partial charge in [-0.3, -0.25) is 4.90 Å². The van der Waals surface area contributed by atoms with E-state index in [1.54, 1.807) is 0 Å². The molecule has 198 valence electrons. The van der Waals surface area contributed by atoms with Crippen molar-refractivity contribution < 1.29 is 26.7 Å². The molecule has 10 heteroatoms. The maximum absolute atomic E-state index is 13.1. The fourth-order valence-electron chi connectivity index (χ4n) is 4.28. The Morgan fingerprint density at radius 2 is 1.65 bits per heavy atom. The monoisotopic (exact) mass is 550 g/mol. The SMILES string of the molecule is Cc1cccc(COC(CN2CCN(S(=O)(=O)c3cccc(OC(F)F)c3)CC2)c2ccc(Cl)cc2)c1. The molecule has 1 aliphatic heterocycles. The summed E-state index contributed by atoms with van der Waals surface area (Å²) in [5.41, 5.74) is 3.23. The lowest BCUT2D eigenvalue weighted by molar-refractivity contribution is -0.0500. The molecule has 1 heterocycles. The van der Waals surface area contributed by atoms with Crippen molar-refractivity contribution in [3.63, 3.8) is 0 Å². The maximum Gasteiger partial charge on any atom is 0.387 e. The Labute approximate surface area is 221 Å². The number of aryl methyl sites for hydroxylation is 1. The van der Waals surface area contributed by atoms with Gasteiger partial charge in [-0.25, -0.2) is 8.42 Å². The molecule has 0 N–H and O–H groups in total. The number of rotatable bonds is 10. The normalized spacial score (nSPS) is 16.1. The molecule has 0 radical (unpaired) electrons. The molecule has 3 aromatic carbocycles. The van der Waals surface area contributed by atoms with Crippen LogP contribution in [0.15, 0.2) is 77.7 Å². The van der Waals surface area contributed by atoms with Crippen LogP contribution in [0.4, 0.5) is 8.78 Å². The van der Waals surface area contributed by atoms with E-state index in [0.29, 0.717) is 31.3 Å². The number of hydrogen-bond donors (Lipinski definition) is 0. The highest BCUT2D eigenvalue weighted by Gasteiger charge is 2.30. The molecular weight excluding hydrogens is 522 g/mol. The Morgan fingerprint density at radius 3 is 2.32 bits per heavy atom. The van der Waals surface area contributed by atoms with Crippen molar-refractivity contribution in [1.29, 1.82) is 0 Å². The van der Waals surface area contributed by atoms with Crippen molar-refractivity contribution in [2.75, 3.05) is 32.7 Å². The third-order valence-corrected chi connectivity index (χ3v) is 8.35. The van der Waals surface area contributed by atoms with Crippen LogP contribution in [-0.4, -0.2) is 57.0 Å². The van der Waals surface area contributed by atoms with Gasteiger partial charge in [-0.2, -0.15) is 13.1 Å². The molecular formula is C27H29ClF2N2O4S. The highest BCUT2D eigenvalue weighted by Crippen LogP contribution is 2.26. The first-order chi connectivity index (χ1) is 17.7. The van der Waals surface area contributed by atoms with Crippen LogP contribution in [0.1, 0.15) is 22.8 Å². The Morgan fingerprint density at radius 1 is 0.946 bits per heavy atom. The van der Waals surface area contributed by atoms with Crippen molar-refractivity contribution in [1.82, 2.24) is 9.21 Å². The van der Waals surface area contributed by atoms with Crippen molar-refractivity contribution in [3.8, 4) is 5.75 Å². The molecule has 1 atom stereocenters. The first-order valence-corrected chi connectivity index (χ1v) is 13.7. The summed E-state index contributed by atoms with van der Waals surface area (Å²) in [5, 5.41) is 0.642. The van der Waals surface area contributed by atoms with Gasteiger partial charge in [0.15, 0.2) is 0 Å². The molecule has 3 aromatic rings. The van der Waals surface area contributed by atoms with Gasteiger partial charge in [-0.15, -0.1) is 0 Å². The molecule has 0 amide bonds. The molecule has 0 aromatic heterocycles. The average molecular weight is 551 g/mol. The summed E-state index contributed by atoms with van der Waals surface area (Å²) in [6.45, 7) is 1.59. The van der Waals surface area contributed by atoms with E-state index in [0.717, 1.165) is 22.8 Å². The number of benzene rings is 3. The minimum atomic E-state index is -3.84. The number of halogens is 3. The van der Waals surface area contributed by atoms with E-state index in [-0.39, 0.29) is 29.8 Å². The average Bonchev–Trinajstić information content (AvgIpc) is 2.87. The lowest BCUT2D eigenvalue weighted by Crippen LogP contribution is -2.49. The predicted octanol–water partition coefficient (Wildman–Crippen LogP) is 5.51. The first-order valence-electron chi connectivity index (χ1n) is 11.9. The summed E-state index contributed by atoms with van der Waals surface area (Å²) in [7, 11) is -3.84. The molecule has 1 aliphatic rings. The second kappa shape index (κ2) is 12.3. The first kappa shape index (κ1) is 27.5. The second-order valence-corrected chi connectivity index (χ2v) is 11.3.